The highest BCUT2D eigenvalue weighted by molar-refractivity contribution is 5.84. The number of carbonyl (C=O) groups excluding carboxylic acids is 1. The van der Waals surface area contributed by atoms with E-state index in [-0.39, 0.29) is 11.9 Å². The molecule has 7 heteroatoms. The Bertz CT molecular complexity index is 1620. The number of aromatic nitrogens is 3. The second kappa shape index (κ2) is 12.3. The Hall–Kier alpha value is -3.94. The quantitative estimate of drug-likeness (QED) is 0.213. The number of likely N-dealkylation sites (tertiary alicyclic amines) is 1. The van der Waals surface area contributed by atoms with Gasteiger partial charge in [-0.25, -0.2) is 0 Å². The fraction of sp³-hybridized carbons (Fsp3) is 0.353. The zero-order chi connectivity index (χ0) is 28.2. The van der Waals surface area contributed by atoms with E-state index in [1.165, 1.54) is 16.6 Å². The first-order valence-corrected chi connectivity index (χ1v) is 14.7. The molecular weight excluding hydrogens is 510 g/mol. The number of para-hydroxylation sites is 1. The van der Waals surface area contributed by atoms with Gasteiger partial charge in [0.2, 0.25) is 5.91 Å². The summed E-state index contributed by atoms with van der Waals surface area (Å²) in [5, 5.41) is 9.47. The van der Waals surface area contributed by atoms with Crippen molar-refractivity contribution in [2.24, 2.45) is 5.73 Å². The summed E-state index contributed by atoms with van der Waals surface area (Å²) >= 11 is 0. The van der Waals surface area contributed by atoms with Gasteiger partial charge in [-0.2, -0.15) is 5.10 Å². The van der Waals surface area contributed by atoms with Crippen LogP contribution in [-0.4, -0.2) is 58.4 Å². The molecule has 3 aromatic carbocycles. The van der Waals surface area contributed by atoms with Crippen LogP contribution >= 0.6 is 0 Å². The molecule has 3 heterocycles. The van der Waals surface area contributed by atoms with E-state index < -0.39 is 0 Å². The molecule has 5 aromatic rings. The molecular formula is C34H39N5O2. The Morgan fingerprint density at radius 2 is 1.90 bits per heavy atom. The molecule has 1 unspecified atom stereocenters. The SMILES string of the molecule is COCCCn1c(C2CCCN(C(=O)C[C@H](N)Cc3ccc(-c4ccc5[nH]ncc5c4)cc3)C2)cc2ccccc21. The first-order chi connectivity index (χ1) is 20.1. The normalized spacial score (nSPS) is 16.4. The van der Waals surface area contributed by atoms with Crippen molar-refractivity contribution in [2.75, 3.05) is 26.8 Å². The topological polar surface area (TPSA) is 89.2 Å². The van der Waals surface area contributed by atoms with Crippen LogP contribution in [0.25, 0.3) is 32.9 Å². The summed E-state index contributed by atoms with van der Waals surface area (Å²) in [4.78, 5) is 15.4. The van der Waals surface area contributed by atoms with Crippen molar-refractivity contribution in [1.82, 2.24) is 19.7 Å². The Labute approximate surface area is 241 Å². The molecule has 1 fully saturated rings. The van der Waals surface area contributed by atoms with Gasteiger partial charge in [-0.1, -0.05) is 48.5 Å². The van der Waals surface area contributed by atoms with Gasteiger partial charge in [0.05, 0.1) is 11.7 Å². The third-order valence-electron chi connectivity index (χ3n) is 8.43. The van der Waals surface area contributed by atoms with E-state index in [1.54, 1.807) is 7.11 Å². The van der Waals surface area contributed by atoms with Crippen LogP contribution in [0, 0.1) is 0 Å². The minimum atomic E-state index is -0.212. The Morgan fingerprint density at radius 3 is 2.76 bits per heavy atom. The predicted molar refractivity (Wildman–Crippen MR) is 165 cm³/mol. The maximum Gasteiger partial charge on any atom is 0.224 e. The van der Waals surface area contributed by atoms with Gasteiger partial charge in [0.1, 0.15) is 0 Å². The first kappa shape index (κ1) is 27.2. The molecule has 2 atom stereocenters. The van der Waals surface area contributed by atoms with E-state index in [4.69, 9.17) is 10.5 Å². The Balaban J connectivity index is 1.08. The smallest absolute Gasteiger partial charge is 0.224 e. The maximum atomic E-state index is 13.4. The van der Waals surface area contributed by atoms with E-state index in [2.05, 4.69) is 87.6 Å². The number of aromatic amines is 1. The Morgan fingerprint density at radius 1 is 1.07 bits per heavy atom. The summed E-state index contributed by atoms with van der Waals surface area (Å²) in [5.41, 5.74) is 13.6. The molecule has 0 saturated carbocycles. The molecule has 3 N–H and O–H groups in total. The van der Waals surface area contributed by atoms with Crippen LogP contribution in [0.3, 0.4) is 0 Å². The fourth-order valence-corrected chi connectivity index (χ4v) is 6.32. The number of hydrogen-bond donors (Lipinski definition) is 2. The third kappa shape index (κ3) is 6.06. The summed E-state index contributed by atoms with van der Waals surface area (Å²) in [7, 11) is 1.75. The number of fused-ring (bicyclic) bond motifs is 2. The molecule has 41 heavy (non-hydrogen) atoms. The summed E-state index contributed by atoms with van der Waals surface area (Å²) in [6.07, 6.45) is 5.96. The van der Waals surface area contributed by atoms with Crippen molar-refractivity contribution in [3.05, 3.63) is 90.3 Å². The second-order valence-electron chi connectivity index (χ2n) is 11.3. The van der Waals surface area contributed by atoms with Crippen LogP contribution in [-0.2, 0) is 22.5 Å². The number of aryl methyl sites for hydroxylation is 1. The number of nitrogens with two attached hydrogens (primary N) is 1. The van der Waals surface area contributed by atoms with Crippen molar-refractivity contribution < 1.29 is 9.53 Å². The molecule has 1 aliphatic rings. The summed E-state index contributed by atoms with van der Waals surface area (Å²) < 4.78 is 7.76. The molecule has 0 bridgehead atoms. The largest absolute Gasteiger partial charge is 0.385 e. The second-order valence-corrected chi connectivity index (χ2v) is 11.3. The molecule has 7 nitrogen and oxygen atoms in total. The number of piperidine rings is 1. The highest BCUT2D eigenvalue weighted by Crippen LogP contribution is 2.32. The number of carbonyl (C=O) groups is 1. The number of ether oxygens (including phenoxy) is 1. The van der Waals surface area contributed by atoms with Gasteiger partial charge in [-0.05, 0) is 72.0 Å². The molecule has 1 amide bonds. The first-order valence-electron chi connectivity index (χ1n) is 14.7. The van der Waals surface area contributed by atoms with E-state index in [9.17, 15) is 4.79 Å². The molecule has 0 spiro atoms. The van der Waals surface area contributed by atoms with Crippen LogP contribution < -0.4 is 5.73 Å². The summed E-state index contributed by atoms with van der Waals surface area (Å²) in [6, 6.07) is 25.5. The van der Waals surface area contributed by atoms with E-state index in [0.717, 1.165) is 73.1 Å². The number of nitrogens with zero attached hydrogens (tertiary/aromatic N) is 3. The average Bonchev–Trinajstić information content (AvgIpc) is 3.62. The lowest BCUT2D eigenvalue weighted by molar-refractivity contribution is -0.132. The minimum Gasteiger partial charge on any atom is -0.385 e. The molecule has 2 aromatic heterocycles. The Kier molecular flexibility index (Phi) is 8.16. The van der Waals surface area contributed by atoms with Gasteiger partial charge < -0.3 is 19.9 Å². The van der Waals surface area contributed by atoms with Crippen LogP contribution in [0.1, 0.15) is 42.9 Å². The van der Waals surface area contributed by atoms with Crippen molar-refractivity contribution in [1.29, 1.82) is 0 Å². The lowest BCUT2D eigenvalue weighted by Crippen LogP contribution is -2.42. The molecule has 1 saturated heterocycles. The number of rotatable bonds is 10. The lowest BCUT2D eigenvalue weighted by Gasteiger charge is -2.34. The molecule has 6 rings (SSSR count). The highest BCUT2D eigenvalue weighted by Gasteiger charge is 2.28. The van der Waals surface area contributed by atoms with E-state index in [0.29, 0.717) is 18.8 Å². The van der Waals surface area contributed by atoms with Gasteiger partial charge >= 0.3 is 0 Å². The standard InChI is InChI=1S/C34H39N5O2/c1-41-17-5-16-39-32-8-3-2-6-27(32)20-33(39)28-7-4-15-38(23-28)34(40)21-30(35)18-24-9-11-25(12-10-24)26-13-14-31-29(19-26)22-36-37-31/h2-3,6,8-14,19-20,22,28,30H,4-5,7,15-18,21,23,35H2,1H3,(H,36,37)/t28?,30-/m1/s1. The van der Waals surface area contributed by atoms with Gasteiger partial charge in [-0.15, -0.1) is 0 Å². The van der Waals surface area contributed by atoms with Crippen LogP contribution in [0.4, 0.5) is 0 Å². The molecule has 212 valence electrons. The van der Waals surface area contributed by atoms with Crippen molar-refractivity contribution in [3.63, 3.8) is 0 Å². The predicted octanol–water partition coefficient (Wildman–Crippen LogP) is 5.89. The number of H-pyrrole nitrogens is 1. The molecule has 0 radical (unpaired) electrons. The highest BCUT2D eigenvalue weighted by atomic mass is 16.5. The number of amides is 1. The zero-order valence-corrected chi connectivity index (χ0v) is 23.8. The van der Waals surface area contributed by atoms with Crippen LogP contribution in [0.2, 0.25) is 0 Å². The zero-order valence-electron chi connectivity index (χ0n) is 23.8. The number of methoxy groups -OCH3 is 1. The minimum absolute atomic E-state index is 0.161. The van der Waals surface area contributed by atoms with Gasteiger partial charge in [0.15, 0.2) is 0 Å². The van der Waals surface area contributed by atoms with Crippen LogP contribution in [0.15, 0.2) is 79.0 Å². The number of nitrogens with one attached hydrogen (secondary N) is 1. The van der Waals surface area contributed by atoms with Gasteiger partial charge in [0, 0.05) is 68.3 Å². The fourth-order valence-electron chi connectivity index (χ4n) is 6.32. The molecule has 1 aliphatic heterocycles. The van der Waals surface area contributed by atoms with Crippen molar-refractivity contribution in [3.8, 4) is 11.1 Å². The third-order valence-corrected chi connectivity index (χ3v) is 8.43. The number of benzene rings is 3. The van der Waals surface area contributed by atoms with E-state index >= 15 is 0 Å². The monoisotopic (exact) mass is 549 g/mol. The van der Waals surface area contributed by atoms with Gasteiger partial charge in [0.25, 0.3) is 0 Å². The maximum absolute atomic E-state index is 13.4. The summed E-state index contributed by atoms with van der Waals surface area (Å²) in [5.74, 6) is 0.488. The van der Waals surface area contributed by atoms with Gasteiger partial charge in [-0.3, -0.25) is 9.89 Å². The molecule has 0 aliphatic carbocycles. The lowest BCUT2D eigenvalue weighted by atomic mass is 9.93. The van der Waals surface area contributed by atoms with Crippen molar-refractivity contribution in [2.45, 2.75) is 50.6 Å². The van der Waals surface area contributed by atoms with Crippen LogP contribution in [0.5, 0.6) is 0 Å². The number of hydrogen-bond acceptors (Lipinski definition) is 4. The summed E-state index contributed by atoms with van der Waals surface area (Å²) in [6.45, 7) is 3.22. The average molecular weight is 550 g/mol. The van der Waals surface area contributed by atoms with Crippen molar-refractivity contribution >= 4 is 27.7 Å². The van der Waals surface area contributed by atoms with E-state index in [1.807, 2.05) is 11.1 Å².